The van der Waals surface area contributed by atoms with Crippen molar-refractivity contribution in [1.29, 1.82) is 0 Å². The van der Waals surface area contributed by atoms with Gasteiger partial charge in [0, 0.05) is 0 Å². The Kier molecular flexibility index (Phi) is 4.93. The Morgan fingerprint density at radius 1 is 0.900 bits per heavy atom. The van der Waals surface area contributed by atoms with E-state index >= 15 is 0 Å². The molecule has 106 valence electrons. The lowest BCUT2D eigenvalue weighted by Gasteiger charge is -2.17. The van der Waals surface area contributed by atoms with Gasteiger partial charge in [0.15, 0.2) is 9.84 Å². The van der Waals surface area contributed by atoms with Gasteiger partial charge in [-0.25, -0.2) is 8.42 Å². The Balaban J connectivity index is 2.28. The van der Waals surface area contributed by atoms with Crippen molar-refractivity contribution < 1.29 is 8.42 Å². The van der Waals surface area contributed by atoms with Gasteiger partial charge in [0.2, 0.25) is 0 Å². The highest BCUT2D eigenvalue weighted by Gasteiger charge is 2.26. The third-order valence-corrected chi connectivity index (χ3v) is 5.35. The van der Waals surface area contributed by atoms with Gasteiger partial charge in [0.1, 0.15) is 0 Å². The molecule has 0 amide bonds. The molecule has 2 rings (SSSR count). The summed E-state index contributed by atoms with van der Waals surface area (Å²) in [6.45, 7) is 0.355. The molecule has 1 atom stereocenters. The molecule has 0 radical (unpaired) electrons. The molecule has 0 aliphatic heterocycles. The minimum Gasteiger partial charge on any atom is -0.330 e. The van der Waals surface area contributed by atoms with Crippen molar-refractivity contribution >= 4 is 9.84 Å². The first-order valence-corrected chi connectivity index (χ1v) is 8.35. The van der Waals surface area contributed by atoms with Gasteiger partial charge in [-0.1, -0.05) is 60.7 Å². The van der Waals surface area contributed by atoms with E-state index in [1.54, 1.807) is 0 Å². The second-order valence-corrected chi connectivity index (χ2v) is 6.95. The van der Waals surface area contributed by atoms with Crippen LogP contribution >= 0.6 is 0 Å². The predicted molar refractivity (Wildman–Crippen MR) is 81.9 cm³/mol. The molecule has 0 aliphatic rings. The van der Waals surface area contributed by atoms with Crippen molar-refractivity contribution in [1.82, 2.24) is 0 Å². The molecule has 2 aromatic rings. The summed E-state index contributed by atoms with van der Waals surface area (Å²) in [7, 11) is -3.27. The van der Waals surface area contributed by atoms with Crippen LogP contribution in [-0.2, 0) is 15.6 Å². The van der Waals surface area contributed by atoms with Crippen LogP contribution in [0, 0.1) is 0 Å². The van der Waals surface area contributed by atoms with Crippen molar-refractivity contribution in [2.75, 3.05) is 6.54 Å². The fourth-order valence-corrected chi connectivity index (χ4v) is 4.21. The number of hydrogen-bond acceptors (Lipinski definition) is 3. The zero-order chi connectivity index (χ0) is 14.4. The van der Waals surface area contributed by atoms with Crippen LogP contribution in [0.3, 0.4) is 0 Å². The van der Waals surface area contributed by atoms with Gasteiger partial charge in [-0.2, -0.15) is 0 Å². The lowest BCUT2D eigenvalue weighted by Crippen LogP contribution is -2.19. The van der Waals surface area contributed by atoms with Gasteiger partial charge in [0.25, 0.3) is 0 Å². The van der Waals surface area contributed by atoms with Crippen LogP contribution in [0.2, 0.25) is 0 Å². The van der Waals surface area contributed by atoms with Gasteiger partial charge in [-0.3, -0.25) is 0 Å². The zero-order valence-electron chi connectivity index (χ0n) is 11.3. The van der Waals surface area contributed by atoms with E-state index in [0.29, 0.717) is 13.0 Å². The molecule has 2 N–H and O–H groups in total. The first kappa shape index (κ1) is 14.8. The Morgan fingerprint density at radius 3 is 2.00 bits per heavy atom. The lowest BCUT2D eigenvalue weighted by molar-refractivity contribution is 0.575. The third kappa shape index (κ3) is 3.68. The lowest BCUT2D eigenvalue weighted by atomic mass is 10.1. The van der Waals surface area contributed by atoms with E-state index in [1.807, 2.05) is 60.7 Å². The van der Waals surface area contributed by atoms with Gasteiger partial charge in [-0.15, -0.1) is 0 Å². The van der Waals surface area contributed by atoms with Crippen LogP contribution in [0.15, 0.2) is 60.7 Å². The Morgan fingerprint density at radius 2 is 1.45 bits per heavy atom. The first-order chi connectivity index (χ1) is 9.63. The Bertz CT molecular complexity index is 624. The largest absolute Gasteiger partial charge is 0.330 e. The van der Waals surface area contributed by atoms with E-state index in [2.05, 4.69) is 0 Å². The Hall–Kier alpha value is -1.65. The molecule has 20 heavy (non-hydrogen) atoms. The van der Waals surface area contributed by atoms with Crippen molar-refractivity contribution in [3.8, 4) is 0 Å². The van der Waals surface area contributed by atoms with Crippen LogP contribution in [0.25, 0.3) is 0 Å². The summed E-state index contributed by atoms with van der Waals surface area (Å²) in [5.74, 6) is 0.0490. The molecule has 0 heterocycles. The average Bonchev–Trinajstić information content (AvgIpc) is 2.46. The molecule has 0 aliphatic carbocycles. The summed E-state index contributed by atoms with van der Waals surface area (Å²) in [5, 5.41) is -0.533. The van der Waals surface area contributed by atoms with Gasteiger partial charge >= 0.3 is 0 Å². The van der Waals surface area contributed by atoms with Gasteiger partial charge in [0.05, 0.1) is 11.0 Å². The molecule has 0 saturated heterocycles. The number of benzene rings is 2. The van der Waals surface area contributed by atoms with E-state index in [-0.39, 0.29) is 5.75 Å². The maximum atomic E-state index is 12.6. The van der Waals surface area contributed by atoms with Crippen LogP contribution in [-0.4, -0.2) is 15.0 Å². The highest BCUT2D eigenvalue weighted by atomic mass is 32.2. The predicted octanol–water partition coefficient (Wildman–Crippen LogP) is 2.69. The molecule has 2 aromatic carbocycles. The molecule has 4 heteroatoms. The second kappa shape index (κ2) is 6.68. The molecular formula is C16H19NO2S. The monoisotopic (exact) mass is 289 g/mol. The van der Waals surface area contributed by atoms with Gasteiger partial charge in [-0.05, 0) is 24.1 Å². The van der Waals surface area contributed by atoms with Gasteiger partial charge < -0.3 is 5.73 Å². The molecule has 0 fully saturated rings. The van der Waals surface area contributed by atoms with Crippen molar-refractivity contribution in [2.45, 2.75) is 17.4 Å². The standard InChI is InChI=1S/C16H19NO2S/c17-12-11-16(15-9-5-2-6-10-15)20(18,19)13-14-7-3-1-4-8-14/h1-10,16H,11-13,17H2. The number of hydrogen-bond donors (Lipinski definition) is 1. The number of sulfone groups is 1. The Labute approximate surface area is 120 Å². The zero-order valence-corrected chi connectivity index (χ0v) is 12.1. The van der Waals surface area contributed by atoms with Crippen LogP contribution in [0.5, 0.6) is 0 Å². The molecule has 1 unspecified atom stereocenters. The number of nitrogens with two attached hydrogens (primary N) is 1. The third-order valence-electron chi connectivity index (χ3n) is 3.24. The fraction of sp³-hybridized carbons (Fsp3) is 0.250. The highest BCUT2D eigenvalue weighted by Crippen LogP contribution is 2.28. The van der Waals surface area contributed by atoms with Crippen LogP contribution in [0.4, 0.5) is 0 Å². The molecule has 0 saturated carbocycles. The molecule has 0 spiro atoms. The van der Waals surface area contributed by atoms with Crippen molar-refractivity contribution in [3.05, 3.63) is 71.8 Å². The summed E-state index contributed by atoms with van der Waals surface area (Å²) in [5.41, 5.74) is 7.22. The molecule has 3 nitrogen and oxygen atoms in total. The summed E-state index contributed by atoms with van der Waals surface area (Å²) in [6, 6.07) is 18.6. The molecule has 0 bridgehead atoms. The van der Waals surface area contributed by atoms with E-state index < -0.39 is 15.1 Å². The summed E-state index contributed by atoms with van der Waals surface area (Å²) < 4.78 is 25.3. The summed E-state index contributed by atoms with van der Waals surface area (Å²) in [6.07, 6.45) is 0.444. The first-order valence-electron chi connectivity index (χ1n) is 6.64. The minimum absolute atomic E-state index is 0.0490. The quantitative estimate of drug-likeness (QED) is 0.889. The highest BCUT2D eigenvalue weighted by molar-refractivity contribution is 7.90. The minimum atomic E-state index is -3.27. The smallest absolute Gasteiger partial charge is 0.161 e. The molecular weight excluding hydrogens is 270 g/mol. The maximum Gasteiger partial charge on any atom is 0.161 e. The van der Waals surface area contributed by atoms with Crippen LogP contribution in [0.1, 0.15) is 22.8 Å². The molecule has 0 aromatic heterocycles. The summed E-state index contributed by atoms with van der Waals surface area (Å²) >= 11 is 0. The average molecular weight is 289 g/mol. The normalized spacial score (nSPS) is 13.1. The summed E-state index contributed by atoms with van der Waals surface area (Å²) in [4.78, 5) is 0. The van der Waals surface area contributed by atoms with Crippen molar-refractivity contribution in [2.24, 2.45) is 5.73 Å². The van der Waals surface area contributed by atoms with E-state index in [9.17, 15) is 8.42 Å². The fourth-order valence-electron chi connectivity index (χ4n) is 2.28. The SMILES string of the molecule is NCCC(c1ccccc1)S(=O)(=O)Cc1ccccc1. The van der Waals surface area contributed by atoms with E-state index in [0.717, 1.165) is 11.1 Å². The topological polar surface area (TPSA) is 60.2 Å². The van der Waals surface area contributed by atoms with Crippen molar-refractivity contribution in [3.63, 3.8) is 0 Å². The van der Waals surface area contributed by atoms with Crippen LogP contribution < -0.4 is 5.73 Å². The number of rotatable bonds is 6. The van der Waals surface area contributed by atoms with E-state index in [1.165, 1.54) is 0 Å². The second-order valence-electron chi connectivity index (χ2n) is 4.77. The van der Waals surface area contributed by atoms with E-state index in [4.69, 9.17) is 5.73 Å². The maximum absolute atomic E-state index is 12.6.